The second kappa shape index (κ2) is 12.1. The maximum atomic E-state index is 13.5. The number of allylic oxidation sites excluding steroid dienone is 1. The monoisotopic (exact) mass is 548 g/mol. The van der Waals surface area contributed by atoms with E-state index < -0.39 is 19.2 Å². The molecule has 2 aliphatic heterocycles. The molecule has 2 heterocycles. The number of benzene rings is 2. The van der Waals surface area contributed by atoms with E-state index in [1.54, 1.807) is 17.0 Å². The number of hydrogen-bond acceptors (Lipinski definition) is 6. The van der Waals surface area contributed by atoms with E-state index in [9.17, 15) is 19.7 Å². The Hall–Kier alpha value is -3.56. The zero-order valence-corrected chi connectivity index (χ0v) is 24.0. The molecule has 206 valence electrons. The molecule has 1 fully saturated rings. The van der Waals surface area contributed by atoms with Crippen molar-refractivity contribution in [3.63, 3.8) is 0 Å². The van der Waals surface area contributed by atoms with E-state index in [4.69, 9.17) is 9.16 Å². The highest BCUT2D eigenvalue weighted by Gasteiger charge is 2.57. The van der Waals surface area contributed by atoms with Gasteiger partial charge in [-0.1, -0.05) is 63.3 Å². The first kappa shape index (κ1) is 28.4. The van der Waals surface area contributed by atoms with Crippen LogP contribution >= 0.6 is 0 Å². The summed E-state index contributed by atoms with van der Waals surface area (Å²) in [5, 5.41) is 10.9. The quantitative estimate of drug-likeness (QED) is 0.102. The minimum atomic E-state index is -1.91. The SMILES string of the molecule is CC[Si](CC)(CC)O[C@H](C)[C@H]1C(=O)N2C(C(=O)OCc3ccc([N+](=O)[O-])cc3)=C(/C=C/c3ccccc3)C[C@H]12. The van der Waals surface area contributed by atoms with Gasteiger partial charge in [-0.25, -0.2) is 4.79 Å². The molecule has 8 nitrogen and oxygen atoms in total. The van der Waals surface area contributed by atoms with Crippen LogP contribution in [0.15, 0.2) is 71.9 Å². The fourth-order valence-corrected chi connectivity index (χ4v) is 8.52. The number of amides is 1. The summed E-state index contributed by atoms with van der Waals surface area (Å²) in [4.78, 5) is 38.9. The topological polar surface area (TPSA) is 99.0 Å². The van der Waals surface area contributed by atoms with Gasteiger partial charge in [0.2, 0.25) is 5.91 Å². The third kappa shape index (κ3) is 5.89. The molecule has 0 saturated carbocycles. The maximum Gasteiger partial charge on any atom is 0.355 e. The lowest BCUT2D eigenvalue weighted by atomic mass is 9.83. The number of carbonyl (C=O) groups excluding carboxylic acids is 2. The fraction of sp³-hybridized carbons (Fsp3) is 0.400. The molecule has 0 aromatic heterocycles. The van der Waals surface area contributed by atoms with Crippen LogP contribution in [0.5, 0.6) is 0 Å². The lowest BCUT2D eigenvalue weighted by molar-refractivity contribution is -0.384. The zero-order valence-electron chi connectivity index (χ0n) is 23.0. The van der Waals surface area contributed by atoms with Crippen molar-refractivity contribution in [1.82, 2.24) is 4.90 Å². The van der Waals surface area contributed by atoms with Gasteiger partial charge in [-0.2, -0.15) is 0 Å². The molecular weight excluding hydrogens is 512 g/mol. The van der Waals surface area contributed by atoms with Crippen molar-refractivity contribution >= 4 is 32.0 Å². The van der Waals surface area contributed by atoms with E-state index in [1.807, 2.05) is 49.4 Å². The lowest BCUT2D eigenvalue weighted by Crippen LogP contribution is -2.63. The van der Waals surface area contributed by atoms with Crippen molar-refractivity contribution in [2.24, 2.45) is 5.92 Å². The Morgan fingerprint density at radius 2 is 1.72 bits per heavy atom. The number of fused-ring (bicyclic) bond motifs is 1. The van der Waals surface area contributed by atoms with E-state index >= 15 is 0 Å². The van der Waals surface area contributed by atoms with E-state index in [-0.39, 0.29) is 42.0 Å². The zero-order chi connectivity index (χ0) is 28.2. The average molecular weight is 549 g/mol. The van der Waals surface area contributed by atoms with Gasteiger partial charge in [0.1, 0.15) is 12.3 Å². The van der Waals surface area contributed by atoms with E-state index in [0.29, 0.717) is 12.0 Å². The van der Waals surface area contributed by atoms with Crippen molar-refractivity contribution in [3.8, 4) is 0 Å². The van der Waals surface area contributed by atoms with Crippen molar-refractivity contribution in [2.45, 2.75) is 71.0 Å². The molecule has 1 amide bonds. The summed E-state index contributed by atoms with van der Waals surface area (Å²) in [6, 6.07) is 18.5. The molecule has 39 heavy (non-hydrogen) atoms. The molecule has 0 N–H and O–H groups in total. The molecule has 2 aromatic rings. The number of rotatable bonds is 12. The highest BCUT2D eigenvalue weighted by atomic mass is 28.4. The highest BCUT2D eigenvalue weighted by Crippen LogP contribution is 2.46. The second-order valence-corrected chi connectivity index (χ2v) is 14.9. The number of carbonyl (C=O) groups is 2. The molecule has 0 bridgehead atoms. The van der Waals surface area contributed by atoms with Crippen LogP contribution in [-0.4, -0.2) is 42.2 Å². The summed E-state index contributed by atoms with van der Waals surface area (Å²) in [6.07, 6.45) is 4.16. The Balaban J connectivity index is 1.55. The maximum absolute atomic E-state index is 13.5. The molecule has 2 aliphatic rings. The van der Waals surface area contributed by atoms with Crippen molar-refractivity contribution < 1.29 is 23.7 Å². The van der Waals surface area contributed by atoms with Crippen molar-refractivity contribution in [1.29, 1.82) is 0 Å². The molecule has 0 unspecified atom stereocenters. The summed E-state index contributed by atoms with van der Waals surface area (Å²) in [5.74, 6) is -0.992. The van der Waals surface area contributed by atoms with Gasteiger partial charge in [0.05, 0.1) is 23.0 Å². The van der Waals surface area contributed by atoms with Crippen LogP contribution in [0.2, 0.25) is 18.1 Å². The van der Waals surface area contributed by atoms with Crippen LogP contribution in [0.4, 0.5) is 5.69 Å². The van der Waals surface area contributed by atoms with Gasteiger partial charge in [0, 0.05) is 12.1 Å². The summed E-state index contributed by atoms with van der Waals surface area (Å²) in [7, 11) is -1.91. The number of nitro benzene ring substituents is 1. The van der Waals surface area contributed by atoms with Gasteiger partial charge in [0.25, 0.3) is 5.69 Å². The second-order valence-electron chi connectivity index (χ2n) is 10.2. The third-order valence-electron chi connectivity index (χ3n) is 8.10. The predicted octanol–water partition coefficient (Wildman–Crippen LogP) is 6.25. The van der Waals surface area contributed by atoms with Gasteiger partial charge in [-0.3, -0.25) is 14.9 Å². The molecule has 0 radical (unpaired) electrons. The van der Waals surface area contributed by atoms with Gasteiger partial charge >= 0.3 is 5.97 Å². The van der Waals surface area contributed by atoms with Crippen LogP contribution in [0.3, 0.4) is 0 Å². The number of non-ortho nitro benzene ring substituents is 1. The first-order valence-corrected chi connectivity index (χ1v) is 16.1. The normalized spacial score (nSPS) is 19.7. The number of hydrogen-bond donors (Lipinski definition) is 0. The summed E-state index contributed by atoms with van der Waals surface area (Å²) in [5.41, 5.74) is 2.61. The van der Waals surface area contributed by atoms with Crippen molar-refractivity contribution in [3.05, 3.63) is 93.2 Å². The number of nitro groups is 1. The fourth-order valence-electron chi connectivity index (χ4n) is 5.59. The molecule has 2 aromatic carbocycles. The van der Waals surface area contributed by atoms with Gasteiger partial charge in [-0.05, 0) is 60.3 Å². The minimum Gasteiger partial charge on any atom is -0.456 e. The molecular formula is C30H36N2O6Si. The Morgan fingerprint density at radius 1 is 1.08 bits per heavy atom. The molecule has 4 rings (SSSR count). The smallest absolute Gasteiger partial charge is 0.355 e. The molecule has 0 aliphatic carbocycles. The van der Waals surface area contributed by atoms with Crippen LogP contribution < -0.4 is 0 Å². The standard InChI is InChI=1S/C30H36N2O6Si/c1-5-39(6-2,7-3)38-21(4)27-26-19-24(16-13-22-11-9-8-10-12-22)28(31(26)29(27)33)30(34)37-20-23-14-17-25(18-15-23)32(35)36/h8-18,21,26-27H,5-7,19-20H2,1-4H3/b16-13+/t21-,26-,27-/m1/s1. The van der Waals surface area contributed by atoms with E-state index in [2.05, 4.69) is 20.8 Å². The van der Waals surface area contributed by atoms with Crippen molar-refractivity contribution in [2.75, 3.05) is 0 Å². The van der Waals surface area contributed by atoms with Crippen LogP contribution in [0.1, 0.15) is 45.2 Å². The number of esters is 1. The van der Waals surface area contributed by atoms with Gasteiger partial charge in [-0.15, -0.1) is 0 Å². The number of ether oxygens (including phenoxy) is 1. The summed E-state index contributed by atoms with van der Waals surface area (Å²) in [6.45, 7) is 8.45. The summed E-state index contributed by atoms with van der Waals surface area (Å²) >= 11 is 0. The average Bonchev–Trinajstić information content (AvgIpc) is 3.28. The van der Waals surface area contributed by atoms with Crippen LogP contribution in [0.25, 0.3) is 6.08 Å². The Kier molecular flexibility index (Phi) is 8.82. The molecule has 3 atom stereocenters. The minimum absolute atomic E-state index is 0.0328. The van der Waals surface area contributed by atoms with E-state index in [0.717, 1.165) is 29.3 Å². The first-order valence-electron chi connectivity index (χ1n) is 13.6. The Labute approximate surface area is 230 Å². The predicted molar refractivity (Wildman–Crippen MR) is 152 cm³/mol. The summed E-state index contributed by atoms with van der Waals surface area (Å²) < 4.78 is 12.3. The van der Waals surface area contributed by atoms with Crippen LogP contribution in [-0.2, 0) is 25.4 Å². The molecule has 1 saturated heterocycles. The number of nitrogens with zero attached hydrogens (tertiary/aromatic N) is 2. The third-order valence-corrected chi connectivity index (χ3v) is 12.8. The van der Waals surface area contributed by atoms with E-state index in [1.165, 1.54) is 12.1 Å². The van der Waals surface area contributed by atoms with Gasteiger partial charge < -0.3 is 14.1 Å². The van der Waals surface area contributed by atoms with Gasteiger partial charge in [0.15, 0.2) is 8.32 Å². The largest absolute Gasteiger partial charge is 0.456 e. The Bertz CT molecular complexity index is 1260. The highest BCUT2D eigenvalue weighted by molar-refractivity contribution is 6.73. The van der Waals surface area contributed by atoms with Crippen LogP contribution in [0, 0.1) is 16.0 Å². The lowest BCUT2D eigenvalue weighted by Gasteiger charge is -2.48. The molecule has 9 heteroatoms. The first-order chi connectivity index (χ1) is 18.7. The number of β-lactam (4-membered cyclic amide) rings is 1. The molecule has 0 spiro atoms. The Morgan fingerprint density at radius 3 is 2.31 bits per heavy atom.